The maximum Gasteiger partial charge on any atom is 0.258 e. The van der Waals surface area contributed by atoms with Crippen molar-refractivity contribution in [2.24, 2.45) is 7.05 Å². The van der Waals surface area contributed by atoms with Crippen LogP contribution in [-0.4, -0.2) is 71.2 Å². The van der Waals surface area contributed by atoms with Gasteiger partial charge in [-0.05, 0) is 11.1 Å². The van der Waals surface area contributed by atoms with Crippen molar-refractivity contribution < 1.29 is 14.3 Å². The molecule has 0 aliphatic carbocycles. The molecule has 8 heteroatoms. The average Bonchev–Trinajstić information content (AvgIpc) is 3.25. The van der Waals surface area contributed by atoms with Gasteiger partial charge in [0.05, 0.1) is 19.7 Å². The molecule has 4 rings (SSSR count). The summed E-state index contributed by atoms with van der Waals surface area (Å²) in [7, 11) is 3.17. The van der Waals surface area contributed by atoms with Crippen LogP contribution in [0.2, 0.25) is 0 Å². The molecule has 172 valence electrons. The lowest BCUT2D eigenvalue weighted by Gasteiger charge is -2.39. The molecule has 1 fully saturated rings. The molecule has 33 heavy (non-hydrogen) atoms. The summed E-state index contributed by atoms with van der Waals surface area (Å²) in [6.07, 6.45) is 1.57. The van der Waals surface area contributed by atoms with Gasteiger partial charge in [-0.1, -0.05) is 60.7 Å². The van der Waals surface area contributed by atoms with Crippen molar-refractivity contribution in [1.29, 1.82) is 0 Å². The van der Waals surface area contributed by atoms with Crippen LogP contribution in [-0.2, 0) is 11.8 Å². The van der Waals surface area contributed by atoms with Crippen LogP contribution in [0.15, 0.2) is 66.9 Å². The SMILES string of the molecule is COc1nn(C)cc1C(=O)NCC(=O)N1CCN(C(c2ccccc2)c2ccccc2)CC1. The molecule has 0 bridgehead atoms. The van der Waals surface area contributed by atoms with Gasteiger partial charge < -0.3 is 15.0 Å². The van der Waals surface area contributed by atoms with E-state index in [-0.39, 0.29) is 30.3 Å². The van der Waals surface area contributed by atoms with E-state index in [9.17, 15) is 9.59 Å². The molecule has 0 saturated carbocycles. The fourth-order valence-electron chi connectivity index (χ4n) is 4.25. The average molecular weight is 448 g/mol. The minimum Gasteiger partial charge on any atom is -0.479 e. The number of carbonyl (C=O) groups excluding carboxylic acids is 2. The zero-order valence-electron chi connectivity index (χ0n) is 19.0. The Balaban J connectivity index is 1.36. The number of hydrogen-bond acceptors (Lipinski definition) is 5. The van der Waals surface area contributed by atoms with Gasteiger partial charge in [0, 0.05) is 39.4 Å². The zero-order valence-corrected chi connectivity index (χ0v) is 19.0. The van der Waals surface area contributed by atoms with Crippen LogP contribution in [0.5, 0.6) is 5.88 Å². The van der Waals surface area contributed by atoms with Gasteiger partial charge in [-0.25, -0.2) is 0 Å². The molecule has 0 unspecified atom stereocenters. The Morgan fingerprint density at radius 2 is 1.55 bits per heavy atom. The van der Waals surface area contributed by atoms with E-state index in [0.717, 1.165) is 13.1 Å². The summed E-state index contributed by atoms with van der Waals surface area (Å²) in [6.45, 7) is 2.68. The summed E-state index contributed by atoms with van der Waals surface area (Å²) in [5.41, 5.74) is 2.79. The van der Waals surface area contributed by atoms with E-state index in [1.54, 1.807) is 13.2 Å². The number of aromatic nitrogens is 2. The largest absolute Gasteiger partial charge is 0.479 e. The summed E-state index contributed by atoms with van der Waals surface area (Å²) in [4.78, 5) is 29.4. The molecule has 0 spiro atoms. The molecule has 0 radical (unpaired) electrons. The van der Waals surface area contributed by atoms with Gasteiger partial charge in [-0.3, -0.25) is 19.2 Å². The van der Waals surface area contributed by atoms with Crippen LogP contribution >= 0.6 is 0 Å². The number of aryl methyl sites for hydroxylation is 1. The predicted octanol–water partition coefficient (Wildman–Crippen LogP) is 2.09. The highest BCUT2D eigenvalue weighted by Crippen LogP contribution is 2.29. The maximum absolute atomic E-state index is 12.8. The topological polar surface area (TPSA) is 79.7 Å². The third-order valence-electron chi connectivity index (χ3n) is 5.90. The molecule has 0 atom stereocenters. The summed E-state index contributed by atoms with van der Waals surface area (Å²) in [6, 6.07) is 21.0. The summed E-state index contributed by atoms with van der Waals surface area (Å²) in [5.74, 6) is -0.231. The van der Waals surface area contributed by atoms with Crippen molar-refractivity contribution in [2.45, 2.75) is 6.04 Å². The van der Waals surface area contributed by atoms with Gasteiger partial charge in [0.15, 0.2) is 0 Å². The first kappa shape index (κ1) is 22.5. The van der Waals surface area contributed by atoms with Crippen molar-refractivity contribution in [2.75, 3.05) is 39.8 Å². The summed E-state index contributed by atoms with van der Waals surface area (Å²) < 4.78 is 6.63. The lowest BCUT2D eigenvalue weighted by atomic mass is 9.96. The Labute approximate surface area is 193 Å². The molecule has 1 saturated heterocycles. The van der Waals surface area contributed by atoms with E-state index in [1.807, 2.05) is 17.0 Å². The number of rotatable bonds is 7. The second-order valence-corrected chi connectivity index (χ2v) is 8.05. The standard InChI is InChI=1S/C25H29N5O3/c1-28-18-21(25(27-28)33-2)24(32)26-17-22(31)29-13-15-30(16-14-29)23(19-9-5-3-6-10-19)20-11-7-4-8-12-20/h3-12,18,23H,13-17H2,1-2H3,(H,26,32). The van der Waals surface area contributed by atoms with Crippen LogP contribution in [0, 0.1) is 0 Å². The zero-order chi connectivity index (χ0) is 23.2. The molecule has 8 nitrogen and oxygen atoms in total. The molecular weight excluding hydrogens is 418 g/mol. The third kappa shape index (κ3) is 5.23. The van der Waals surface area contributed by atoms with Gasteiger partial charge >= 0.3 is 0 Å². The number of amides is 2. The van der Waals surface area contributed by atoms with Crippen LogP contribution < -0.4 is 10.1 Å². The Bertz CT molecular complexity index is 1040. The van der Waals surface area contributed by atoms with Crippen molar-refractivity contribution in [3.63, 3.8) is 0 Å². The van der Waals surface area contributed by atoms with Crippen LogP contribution in [0.25, 0.3) is 0 Å². The fourth-order valence-corrected chi connectivity index (χ4v) is 4.25. The Kier molecular flexibility index (Phi) is 7.04. The normalized spacial score (nSPS) is 14.3. The highest BCUT2D eigenvalue weighted by atomic mass is 16.5. The number of hydrogen-bond donors (Lipinski definition) is 1. The lowest BCUT2D eigenvalue weighted by molar-refractivity contribution is -0.132. The predicted molar refractivity (Wildman–Crippen MR) is 125 cm³/mol. The van der Waals surface area contributed by atoms with Crippen molar-refractivity contribution in [3.8, 4) is 5.88 Å². The fraction of sp³-hybridized carbons (Fsp3) is 0.320. The van der Waals surface area contributed by atoms with Gasteiger partial charge in [0.25, 0.3) is 5.91 Å². The van der Waals surface area contributed by atoms with Crippen molar-refractivity contribution >= 4 is 11.8 Å². The first-order valence-corrected chi connectivity index (χ1v) is 11.0. The van der Waals surface area contributed by atoms with Crippen LogP contribution in [0.4, 0.5) is 0 Å². The number of benzene rings is 2. The Hall–Kier alpha value is -3.65. The smallest absolute Gasteiger partial charge is 0.258 e. The van der Waals surface area contributed by atoms with Crippen LogP contribution in [0.1, 0.15) is 27.5 Å². The number of ether oxygens (including phenoxy) is 1. The number of methoxy groups -OCH3 is 1. The summed E-state index contributed by atoms with van der Waals surface area (Å²) >= 11 is 0. The molecule has 1 aliphatic heterocycles. The monoisotopic (exact) mass is 447 g/mol. The van der Waals surface area contributed by atoms with Crippen molar-refractivity contribution in [3.05, 3.63) is 83.6 Å². The van der Waals surface area contributed by atoms with E-state index >= 15 is 0 Å². The van der Waals surface area contributed by atoms with Crippen LogP contribution in [0.3, 0.4) is 0 Å². The van der Waals surface area contributed by atoms with E-state index in [2.05, 4.69) is 63.8 Å². The van der Waals surface area contributed by atoms with E-state index in [4.69, 9.17) is 4.74 Å². The Morgan fingerprint density at radius 1 is 0.970 bits per heavy atom. The second kappa shape index (κ2) is 10.3. The second-order valence-electron chi connectivity index (χ2n) is 8.05. The van der Waals surface area contributed by atoms with Gasteiger partial charge in [0.2, 0.25) is 11.8 Å². The first-order chi connectivity index (χ1) is 16.1. The molecule has 1 aliphatic rings. The van der Waals surface area contributed by atoms with E-state index in [0.29, 0.717) is 18.7 Å². The number of carbonyl (C=O) groups is 2. The van der Waals surface area contributed by atoms with Gasteiger partial charge in [0.1, 0.15) is 5.56 Å². The first-order valence-electron chi connectivity index (χ1n) is 11.0. The molecule has 3 aromatic rings. The van der Waals surface area contributed by atoms with Gasteiger partial charge in [-0.15, -0.1) is 5.10 Å². The molecule has 2 heterocycles. The molecule has 1 aromatic heterocycles. The van der Waals surface area contributed by atoms with E-state index < -0.39 is 0 Å². The Morgan fingerprint density at radius 3 is 2.09 bits per heavy atom. The number of nitrogens with one attached hydrogen (secondary N) is 1. The molecule has 2 amide bonds. The lowest BCUT2D eigenvalue weighted by Crippen LogP contribution is -2.52. The maximum atomic E-state index is 12.8. The molecule has 1 N–H and O–H groups in total. The quantitative estimate of drug-likeness (QED) is 0.600. The minimum absolute atomic E-state index is 0.0579. The minimum atomic E-state index is -0.375. The number of nitrogens with zero attached hydrogens (tertiary/aromatic N) is 4. The van der Waals surface area contributed by atoms with Gasteiger partial charge in [-0.2, -0.15) is 0 Å². The molecular formula is C25H29N5O3. The third-order valence-corrected chi connectivity index (χ3v) is 5.90. The summed E-state index contributed by atoms with van der Waals surface area (Å²) in [5, 5.41) is 6.77. The highest BCUT2D eigenvalue weighted by Gasteiger charge is 2.28. The highest BCUT2D eigenvalue weighted by molar-refractivity contribution is 5.98. The van der Waals surface area contributed by atoms with Crippen molar-refractivity contribution in [1.82, 2.24) is 24.9 Å². The molecule has 2 aromatic carbocycles. The number of piperazine rings is 1. The van der Waals surface area contributed by atoms with E-state index in [1.165, 1.54) is 22.9 Å².